The van der Waals surface area contributed by atoms with Crippen LogP contribution in [-0.4, -0.2) is 11.7 Å². The molecule has 0 saturated heterocycles. The minimum absolute atomic E-state index is 0.157. The molecule has 0 saturated carbocycles. The van der Waals surface area contributed by atoms with Crippen molar-refractivity contribution in [3.05, 3.63) is 29.3 Å². The number of ether oxygens (including phenoxy) is 1. The van der Waals surface area contributed by atoms with Crippen LogP contribution in [0.5, 0.6) is 5.75 Å². The zero-order valence-corrected chi connectivity index (χ0v) is 10.3. The molecule has 0 amide bonds. The highest BCUT2D eigenvalue weighted by molar-refractivity contribution is 5.44. The molecule has 1 N–H and O–H groups in total. The van der Waals surface area contributed by atoms with Crippen LogP contribution in [0.15, 0.2) is 18.2 Å². The molecular formula is C14H20O2. The van der Waals surface area contributed by atoms with Crippen LogP contribution in [0, 0.1) is 5.41 Å². The van der Waals surface area contributed by atoms with Crippen molar-refractivity contribution in [2.75, 3.05) is 6.61 Å². The van der Waals surface area contributed by atoms with Gasteiger partial charge in [0, 0.05) is 5.56 Å². The average molecular weight is 220 g/mol. The summed E-state index contributed by atoms with van der Waals surface area (Å²) in [6, 6.07) is 6.07. The van der Waals surface area contributed by atoms with Crippen LogP contribution in [0.2, 0.25) is 0 Å². The lowest BCUT2D eigenvalue weighted by Gasteiger charge is -2.29. The molecule has 0 aliphatic carbocycles. The van der Waals surface area contributed by atoms with Crippen LogP contribution < -0.4 is 4.74 Å². The van der Waals surface area contributed by atoms with Gasteiger partial charge in [0.05, 0.1) is 12.7 Å². The van der Waals surface area contributed by atoms with Crippen LogP contribution in [0.1, 0.15) is 44.4 Å². The lowest BCUT2D eigenvalue weighted by atomic mass is 9.83. The lowest BCUT2D eigenvalue weighted by Crippen LogP contribution is -2.20. The number of aliphatic hydroxyl groups is 1. The maximum atomic E-state index is 10.3. The van der Waals surface area contributed by atoms with Crippen LogP contribution in [-0.2, 0) is 6.42 Å². The number of aliphatic hydroxyl groups excluding tert-OH is 1. The molecule has 88 valence electrons. The van der Waals surface area contributed by atoms with Crippen LogP contribution in [0.3, 0.4) is 0 Å². The third kappa shape index (κ3) is 2.07. The SMILES string of the molecule is CC(C)(C)C(O)c1cccc2c1OCCC2. The normalized spacial score (nSPS) is 17.5. The summed E-state index contributed by atoms with van der Waals surface area (Å²) in [7, 11) is 0. The fraction of sp³-hybridized carbons (Fsp3) is 0.571. The molecule has 1 aromatic rings. The number of benzene rings is 1. The molecular weight excluding hydrogens is 200 g/mol. The molecule has 16 heavy (non-hydrogen) atoms. The van der Waals surface area contributed by atoms with E-state index < -0.39 is 6.10 Å². The van der Waals surface area contributed by atoms with E-state index in [9.17, 15) is 5.11 Å². The molecule has 2 rings (SSSR count). The summed E-state index contributed by atoms with van der Waals surface area (Å²) < 4.78 is 5.71. The van der Waals surface area contributed by atoms with Crippen molar-refractivity contribution in [2.24, 2.45) is 5.41 Å². The van der Waals surface area contributed by atoms with E-state index in [1.54, 1.807) is 0 Å². The third-order valence-corrected chi connectivity index (χ3v) is 3.08. The van der Waals surface area contributed by atoms with E-state index in [2.05, 4.69) is 6.07 Å². The summed E-state index contributed by atoms with van der Waals surface area (Å²) in [5.74, 6) is 0.913. The molecule has 0 radical (unpaired) electrons. The minimum atomic E-state index is -0.472. The third-order valence-electron chi connectivity index (χ3n) is 3.08. The Bertz CT molecular complexity index is 377. The Hall–Kier alpha value is -1.02. The predicted octanol–water partition coefficient (Wildman–Crippen LogP) is 3.09. The molecule has 1 aromatic carbocycles. The molecule has 0 bridgehead atoms. The van der Waals surface area contributed by atoms with E-state index in [4.69, 9.17) is 4.74 Å². The van der Waals surface area contributed by atoms with Crippen LogP contribution in [0.25, 0.3) is 0 Å². The zero-order chi connectivity index (χ0) is 11.8. The molecule has 1 atom stereocenters. The Morgan fingerprint density at radius 2 is 2.06 bits per heavy atom. The highest BCUT2D eigenvalue weighted by atomic mass is 16.5. The number of aryl methyl sites for hydroxylation is 1. The summed E-state index contributed by atoms with van der Waals surface area (Å²) in [5, 5.41) is 10.3. The Kier molecular flexibility index (Phi) is 2.94. The van der Waals surface area contributed by atoms with Crippen molar-refractivity contribution in [1.29, 1.82) is 0 Å². The van der Waals surface area contributed by atoms with Crippen molar-refractivity contribution >= 4 is 0 Å². The van der Waals surface area contributed by atoms with Gasteiger partial charge in [-0.15, -0.1) is 0 Å². The monoisotopic (exact) mass is 220 g/mol. The van der Waals surface area contributed by atoms with Gasteiger partial charge in [-0.25, -0.2) is 0 Å². The number of para-hydroxylation sites is 1. The van der Waals surface area contributed by atoms with Crippen molar-refractivity contribution in [3.8, 4) is 5.75 Å². The predicted molar refractivity (Wildman–Crippen MR) is 64.7 cm³/mol. The van der Waals surface area contributed by atoms with Gasteiger partial charge >= 0.3 is 0 Å². The Balaban J connectivity index is 2.41. The second-order valence-corrected chi connectivity index (χ2v) is 5.56. The molecule has 0 aromatic heterocycles. The van der Waals surface area contributed by atoms with Crippen molar-refractivity contribution in [3.63, 3.8) is 0 Å². The first-order chi connectivity index (χ1) is 7.50. The van der Waals surface area contributed by atoms with Gasteiger partial charge in [-0.2, -0.15) is 0 Å². The largest absolute Gasteiger partial charge is 0.493 e. The summed E-state index contributed by atoms with van der Waals surface area (Å²) in [4.78, 5) is 0. The highest BCUT2D eigenvalue weighted by Crippen LogP contribution is 2.40. The summed E-state index contributed by atoms with van der Waals surface area (Å²) in [5.41, 5.74) is 2.01. The van der Waals surface area contributed by atoms with E-state index >= 15 is 0 Å². The smallest absolute Gasteiger partial charge is 0.128 e. The Labute approximate surface area is 97.3 Å². The quantitative estimate of drug-likeness (QED) is 0.788. The number of fused-ring (bicyclic) bond motifs is 1. The van der Waals surface area contributed by atoms with E-state index in [-0.39, 0.29) is 5.41 Å². The van der Waals surface area contributed by atoms with E-state index in [1.165, 1.54) is 5.56 Å². The van der Waals surface area contributed by atoms with Gasteiger partial charge in [0.25, 0.3) is 0 Å². The number of hydrogen-bond donors (Lipinski definition) is 1. The van der Waals surface area contributed by atoms with E-state index in [1.807, 2.05) is 32.9 Å². The van der Waals surface area contributed by atoms with Gasteiger partial charge in [-0.05, 0) is 23.8 Å². The molecule has 0 fully saturated rings. The molecule has 0 spiro atoms. The van der Waals surface area contributed by atoms with Gasteiger partial charge < -0.3 is 9.84 Å². The fourth-order valence-electron chi connectivity index (χ4n) is 2.10. The molecule has 1 aliphatic heterocycles. The second kappa shape index (κ2) is 4.10. The maximum absolute atomic E-state index is 10.3. The first kappa shape index (κ1) is 11.5. The minimum Gasteiger partial charge on any atom is -0.493 e. The van der Waals surface area contributed by atoms with Gasteiger partial charge in [0.15, 0.2) is 0 Å². The van der Waals surface area contributed by atoms with Crippen molar-refractivity contribution in [1.82, 2.24) is 0 Å². The molecule has 2 heteroatoms. The van der Waals surface area contributed by atoms with Gasteiger partial charge in [-0.3, -0.25) is 0 Å². The zero-order valence-electron chi connectivity index (χ0n) is 10.3. The Morgan fingerprint density at radius 3 is 2.75 bits per heavy atom. The molecule has 2 nitrogen and oxygen atoms in total. The summed E-state index contributed by atoms with van der Waals surface area (Å²) in [6.45, 7) is 6.89. The summed E-state index contributed by atoms with van der Waals surface area (Å²) >= 11 is 0. The molecule has 1 heterocycles. The topological polar surface area (TPSA) is 29.5 Å². The Morgan fingerprint density at radius 1 is 1.31 bits per heavy atom. The first-order valence-corrected chi connectivity index (χ1v) is 5.93. The molecule has 1 unspecified atom stereocenters. The maximum Gasteiger partial charge on any atom is 0.128 e. The van der Waals surface area contributed by atoms with Crippen LogP contribution in [0.4, 0.5) is 0 Å². The van der Waals surface area contributed by atoms with Crippen molar-refractivity contribution in [2.45, 2.75) is 39.7 Å². The standard InChI is InChI=1S/C14H20O2/c1-14(2,3)13(15)11-8-4-6-10-7-5-9-16-12(10)11/h4,6,8,13,15H,5,7,9H2,1-3H3. The van der Waals surface area contributed by atoms with Crippen molar-refractivity contribution < 1.29 is 9.84 Å². The van der Waals surface area contributed by atoms with E-state index in [0.29, 0.717) is 0 Å². The van der Waals surface area contributed by atoms with Gasteiger partial charge in [0.1, 0.15) is 5.75 Å². The number of hydrogen-bond acceptors (Lipinski definition) is 2. The molecule has 1 aliphatic rings. The van der Waals surface area contributed by atoms with Gasteiger partial charge in [-0.1, -0.05) is 39.0 Å². The van der Waals surface area contributed by atoms with Crippen LogP contribution >= 0.6 is 0 Å². The lowest BCUT2D eigenvalue weighted by molar-refractivity contribution is 0.0591. The first-order valence-electron chi connectivity index (χ1n) is 5.93. The second-order valence-electron chi connectivity index (χ2n) is 5.56. The van der Waals surface area contributed by atoms with Gasteiger partial charge in [0.2, 0.25) is 0 Å². The highest BCUT2D eigenvalue weighted by Gasteiger charge is 2.28. The average Bonchev–Trinajstić information content (AvgIpc) is 2.26. The summed E-state index contributed by atoms with van der Waals surface area (Å²) in [6.07, 6.45) is 1.66. The fourth-order valence-corrected chi connectivity index (χ4v) is 2.10. The number of rotatable bonds is 1. The van der Waals surface area contributed by atoms with E-state index in [0.717, 1.165) is 30.8 Å².